The molecule has 1 aromatic carbocycles. The van der Waals surface area contributed by atoms with Crippen molar-refractivity contribution in [3.8, 4) is 0 Å². The highest BCUT2D eigenvalue weighted by Gasteiger charge is 2.17. The van der Waals surface area contributed by atoms with Gasteiger partial charge in [0.25, 0.3) is 5.56 Å². The number of hydrogen-bond donors (Lipinski definition) is 1. The summed E-state index contributed by atoms with van der Waals surface area (Å²) in [6.45, 7) is 2.48. The number of rotatable bonds is 6. The Morgan fingerprint density at radius 1 is 1.18 bits per heavy atom. The molecular formula is C16H21N3O3. The van der Waals surface area contributed by atoms with Gasteiger partial charge in [-0.05, 0) is 12.5 Å². The quantitative estimate of drug-likeness (QED) is 0.870. The van der Waals surface area contributed by atoms with Crippen LogP contribution in [-0.4, -0.2) is 30.3 Å². The zero-order valence-electron chi connectivity index (χ0n) is 13.1. The number of H-pyrrole nitrogens is 1. The zero-order valence-corrected chi connectivity index (χ0v) is 13.1. The molecule has 6 heteroatoms. The molecular weight excluding hydrogens is 282 g/mol. The molecule has 0 spiro atoms. The fourth-order valence-corrected chi connectivity index (χ4v) is 2.35. The molecule has 6 nitrogen and oxygen atoms in total. The van der Waals surface area contributed by atoms with Crippen LogP contribution >= 0.6 is 0 Å². The highest BCUT2D eigenvalue weighted by molar-refractivity contribution is 5.49. The Morgan fingerprint density at radius 3 is 2.45 bits per heavy atom. The van der Waals surface area contributed by atoms with E-state index in [4.69, 9.17) is 4.74 Å². The highest BCUT2D eigenvalue weighted by Crippen LogP contribution is 2.16. The number of benzene rings is 1. The molecule has 0 saturated heterocycles. The van der Waals surface area contributed by atoms with Crippen molar-refractivity contribution in [1.82, 2.24) is 9.55 Å². The summed E-state index contributed by atoms with van der Waals surface area (Å²) in [5, 5.41) is 0. The molecule has 0 aliphatic rings. The number of ether oxygens (including phenoxy) is 1. The van der Waals surface area contributed by atoms with E-state index in [1.54, 1.807) is 19.0 Å². The second kappa shape index (κ2) is 7.09. The maximum atomic E-state index is 12.2. The van der Waals surface area contributed by atoms with E-state index < -0.39 is 5.69 Å². The van der Waals surface area contributed by atoms with Crippen molar-refractivity contribution in [2.45, 2.75) is 20.1 Å². The molecule has 2 rings (SSSR count). The van der Waals surface area contributed by atoms with E-state index in [-0.39, 0.29) is 12.3 Å². The van der Waals surface area contributed by atoms with Gasteiger partial charge in [-0.3, -0.25) is 14.3 Å². The van der Waals surface area contributed by atoms with Crippen LogP contribution in [0.2, 0.25) is 0 Å². The van der Waals surface area contributed by atoms with Crippen molar-refractivity contribution in [3.63, 3.8) is 0 Å². The van der Waals surface area contributed by atoms with Crippen LogP contribution < -0.4 is 16.1 Å². The molecule has 0 fully saturated rings. The summed E-state index contributed by atoms with van der Waals surface area (Å²) < 4.78 is 6.86. The van der Waals surface area contributed by atoms with Crippen LogP contribution in [0.3, 0.4) is 0 Å². The van der Waals surface area contributed by atoms with Gasteiger partial charge in [0.1, 0.15) is 12.4 Å². The van der Waals surface area contributed by atoms with E-state index >= 15 is 0 Å². The van der Waals surface area contributed by atoms with E-state index in [0.29, 0.717) is 24.4 Å². The Morgan fingerprint density at radius 2 is 1.86 bits per heavy atom. The summed E-state index contributed by atoms with van der Waals surface area (Å²) >= 11 is 0. The molecule has 1 N–H and O–H groups in total. The minimum absolute atomic E-state index is 0.120. The molecule has 0 aliphatic carbocycles. The Labute approximate surface area is 129 Å². The largest absolute Gasteiger partial charge is 0.372 e. The second-order valence-corrected chi connectivity index (χ2v) is 5.16. The predicted octanol–water partition coefficient (Wildman–Crippen LogP) is 1.19. The number of aromatic amines is 1. The highest BCUT2D eigenvalue weighted by atomic mass is 16.5. The summed E-state index contributed by atoms with van der Waals surface area (Å²) in [5.41, 5.74) is 1.33. The number of anilines is 1. The first-order valence-electron chi connectivity index (χ1n) is 7.19. The van der Waals surface area contributed by atoms with Crippen LogP contribution in [-0.2, 0) is 17.9 Å². The fourth-order valence-electron chi connectivity index (χ4n) is 2.35. The lowest BCUT2D eigenvalue weighted by atomic mass is 10.1. The van der Waals surface area contributed by atoms with Crippen molar-refractivity contribution in [2.75, 3.05) is 25.6 Å². The first-order chi connectivity index (χ1) is 10.5. The molecule has 0 bridgehead atoms. The average molecular weight is 303 g/mol. The molecule has 0 saturated carbocycles. The van der Waals surface area contributed by atoms with Crippen molar-refractivity contribution >= 4 is 5.69 Å². The van der Waals surface area contributed by atoms with Gasteiger partial charge in [-0.15, -0.1) is 0 Å². The maximum Gasteiger partial charge on any atom is 0.330 e. The molecule has 0 aliphatic heterocycles. The van der Waals surface area contributed by atoms with E-state index in [1.165, 1.54) is 4.57 Å². The third-order valence-corrected chi connectivity index (χ3v) is 3.37. The maximum absolute atomic E-state index is 12.2. The normalized spacial score (nSPS) is 10.7. The van der Waals surface area contributed by atoms with E-state index in [9.17, 15) is 9.59 Å². The number of nitrogens with one attached hydrogen (secondary N) is 1. The number of nitrogens with zero attached hydrogens (tertiary/aromatic N) is 2. The molecule has 2 aromatic rings. The van der Waals surface area contributed by atoms with Gasteiger partial charge in [0.15, 0.2) is 0 Å². The SMILES string of the molecule is CCOCn1c(Cc2ccccc2)c(N(C)C)c(=O)[nH]c1=O. The average Bonchev–Trinajstić information content (AvgIpc) is 2.47. The predicted molar refractivity (Wildman–Crippen MR) is 86.5 cm³/mol. The number of aromatic nitrogens is 2. The smallest absolute Gasteiger partial charge is 0.330 e. The molecule has 1 heterocycles. The van der Waals surface area contributed by atoms with Crippen LogP contribution in [0.4, 0.5) is 5.69 Å². The third kappa shape index (κ3) is 3.46. The monoisotopic (exact) mass is 303 g/mol. The van der Waals surface area contributed by atoms with Gasteiger partial charge in [-0.1, -0.05) is 30.3 Å². The molecule has 0 atom stereocenters. The summed E-state index contributed by atoms with van der Waals surface area (Å²) in [6, 6.07) is 9.74. The first-order valence-corrected chi connectivity index (χ1v) is 7.19. The lowest BCUT2D eigenvalue weighted by Gasteiger charge is -2.20. The Bertz CT molecular complexity index is 733. The van der Waals surface area contributed by atoms with Gasteiger partial charge in [0, 0.05) is 27.1 Å². The lowest BCUT2D eigenvalue weighted by Crippen LogP contribution is -2.37. The minimum atomic E-state index is -0.449. The van der Waals surface area contributed by atoms with Gasteiger partial charge < -0.3 is 9.64 Å². The first kappa shape index (κ1) is 16.0. The van der Waals surface area contributed by atoms with Crippen LogP contribution in [0.5, 0.6) is 0 Å². The lowest BCUT2D eigenvalue weighted by molar-refractivity contribution is 0.0825. The molecule has 0 amide bonds. The summed E-state index contributed by atoms with van der Waals surface area (Å²) in [4.78, 5) is 28.4. The molecule has 118 valence electrons. The van der Waals surface area contributed by atoms with Gasteiger partial charge >= 0.3 is 5.69 Å². The molecule has 0 unspecified atom stereocenters. The summed E-state index contributed by atoms with van der Waals surface area (Å²) in [5.74, 6) is 0. The fraction of sp³-hybridized carbons (Fsp3) is 0.375. The van der Waals surface area contributed by atoms with Crippen LogP contribution in [0.1, 0.15) is 18.2 Å². The van der Waals surface area contributed by atoms with Gasteiger partial charge in [-0.25, -0.2) is 4.79 Å². The van der Waals surface area contributed by atoms with Gasteiger partial charge in [-0.2, -0.15) is 0 Å². The third-order valence-electron chi connectivity index (χ3n) is 3.37. The second-order valence-electron chi connectivity index (χ2n) is 5.16. The standard InChI is InChI=1S/C16H21N3O3/c1-4-22-11-19-13(10-12-8-6-5-7-9-12)14(18(2)3)15(20)17-16(19)21/h5-9H,4,10-11H2,1-3H3,(H,17,20,21). The van der Waals surface area contributed by atoms with Crippen LogP contribution in [0.15, 0.2) is 39.9 Å². The minimum Gasteiger partial charge on any atom is -0.372 e. The topological polar surface area (TPSA) is 67.3 Å². The van der Waals surface area contributed by atoms with Crippen molar-refractivity contribution < 1.29 is 4.74 Å². The van der Waals surface area contributed by atoms with Gasteiger partial charge in [0.05, 0.1) is 5.69 Å². The van der Waals surface area contributed by atoms with Crippen molar-refractivity contribution in [3.05, 3.63) is 62.4 Å². The van der Waals surface area contributed by atoms with Crippen molar-refractivity contribution in [1.29, 1.82) is 0 Å². The Hall–Kier alpha value is -2.34. The Kier molecular flexibility index (Phi) is 5.16. The van der Waals surface area contributed by atoms with Crippen molar-refractivity contribution in [2.24, 2.45) is 0 Å². The van der Waals surface area contributed by atoms with Gasteiger partial charge in [0.2, 0.25) is 0 Å². The molecule has 1 aromatic heterocycles. The molecule has 22 heavy (non-hydrogen) atoms. The summed E-state index contributed by atoms with van der Waals surface area (Å²) in [7, 11) is 3.57. The number of hydrogen-bond acceptors (Lipinski definition) is 4. The van der Waals surface area contributed by atoms with Crippen LogP contribution in [0.25, 0.3) is 0 Å². The van der Waals surface area contributed by atoms with E-state index in [0.717, 1.165) is 5.56 Å². The van der Waals surface area contributed by atoms with E-state index in [2.05, 4.69) is 4.98 Å². The Balaban J connectivity index is 2.59. The zero-order chi connectivity index (χ0) is 16.1. The van der Waals surface area contributed by atoms with E-state index in [1.807, 2.05) is 37.3 Å². The summed E-state index contributed by atoms with van der Waals surface area (Å²) in [6.07, 6.45) is 0.487. The molecule has 0 radical (unpaired) electrons. The van der Waals surface area contributed by atoms with Crippen LogP contribution in [0, 0.1) is 0 Å².